The molecule has 0 aromatic carbocycles. The van der Waals surface area contributed by atoms with Crippen LogP contribution in [-0.4, -0.2) is 0 Å². The third-order valence-electron chi connectivity index (χ3n) is 2.08. The Labute approximate surface area is 58.0 Å². The highest BCUT2D eigenvalue weighted by Crippen LogP contribution is 2.42. The molecule has 1 fully saturated rings. The molecule has 1 rings (SSSR count). The number of hydrogen-bond donors (Lipinski definition) is 0. The lowest BCUT2D eigenvalue weighted by Crippen LogP contribution is -1.76. The summed E-state index contributed by atoms with van der Waals surface area (Å²) in [7, 11) is 0. The molecular weight excluding hydrogens is 108 g/mol. The van der Waals surface area contributed by atoms with Gasteiger partial charge in [0.05, 0.1) is 0 Å². The maximum atomic E-state index is 2.35. The normalized spacial score (nSPS) is 33.6. The summed E-state index contributed by atoms with van der Waals surface area (Å²) in [5, 5.41) is 0. The molecule has 1 saturated carbocycles. The minimum Gasteiger partial charge on any atom is -0.0914 e. The van der Waals surface area contributed by atoms with Crippen LogP contribution < -0.4 is 0 Å². The fourth-order valence-electron chi connectivity index (χ4n) is 1.46. The van der Waals surface area contributed by atoms with Gasteiger partial charge in [0.15, 0.2) is 0 Å². The Hall–Kier alpha value is -0.260. The second kappa shape index (κ2) is 3.05. The summed E-state index contributed by atoms with van der Waals surface area (Å²) >= 11 is 0. The van der Waals surface area contributed by atoms with Crippen molar-refractivity contribution in [2.45, 2.75) is 33.1 Å². The molecule has 0 aromatic rings. The highest BCUT2D eigenvalue weighted by molar-refractivity contribution is 5.00. The SMILES string of the molecule is CC=CC1CC1CCC. The summed E-state index contributed by atoms with van der Waals surface area (Å²) in [6, 6.07) is 0. The molecule has 2 atom stereocenters. The van der Waals surface area contributed by atoms with Crippen LogP contribution in [0.3, 0.4) is 0 Å². The van der Waals surface area contributed by atoms with Crippen LogP contribution in [-0.2, 0) is 0 Å². The molecular formula is C9H16. The molecule has 0 nitrogen and oxygen atoms in total. The van der Waals surface area contributed by atoms with Crippen LogP contribution in [0.1, 0.15) is 33.1 Å². The molecule has 2 unspecified atom stereocenters. The van der Waals surface area contributed by atoms with Gasteiger partial charge in [0.1, 0.15) is 0 Å². The highest BCUT2D eigenvalue weighted by Gasteiger charge is 2.32. The zero-order chi connectivity index (χ0) is 6.69. The molecule has 0 amide bonds. The average molecular weight is 124 g/mol. The van der Waals surface area contributed by atoms with E-state index in [2.05, 4.69) is 26.0 Å². The zero-order valence-corrected chi connectivity index (χ0v) is 6.43. The molecule has 0 saturated heterocycles. The van der Waals surface area contributed by atoms with Crippen molar-refractivity contribution >= 4 is 0 Å². The van der Waals surface area contributed by atoms with Gasteiger partial charge in [-0.2, -0.15) is 0 Å². The number of allylic oxidation sites excluding steroid dienone is 2. The third kappa shape index (κ3) is 1.85. The first kappa shape index (κ1) is 6.85. The number of rotatable bonds is 3. The quantitative estimate of drug-likeness (QED) is 0.507. The second-order valence-corrected chi connectivity index (χ2v) is 2.97. The van der Waals surface area contributed by atoms with Crippen LogP contribution in [0.2, 0.25) is 0 Å². The van der Waals surface area contributed by atoms with E-state index in [-0.39, 0.29) is 0 Å². The van der Waals surface area contributed by atoms with Gasteiger partial charge >= 0.3 is 0 Å². The van der Waals surface area contributed by atoms with Crippen molar-refractivity contribution in [3.8, 4) is 0 Å². The van der Waals surface area contributed by atoms with E-state index in [1.165, 1.54) is 19.3 Å². The van der Waals surface area contributed by atoms with Crippen molar-refractivity contribution in [3.05, 3.63) is 12.2 Å². The van der Waals surface area contributed by atoms with Crippen LogP contribution >= 0.6 is 0 Å². The van der Waals surface area contributed by atoms with E-state index in [0.29, 0.717) is 0 Å². The average Bonchev–Trinajstić information content (AvgIpc) is 2.50. The van der Waals surface area contributed by atoms with Crippen molar-refractivity contribution in [2.75, 3.05) is 0 Å². The van der Waals surface area contributed by atoms with E-state index >= 15 is 0 Å². The van der Waals surface area contributed by atoms with E-state index in [4.69, 9.17) is 0 Å². The minimum absolute atomic E-state index is 0.954. The highest BCUT2D eigenvalue weighted by atomic mass is 14.4. The summed E-state index contributed by atoms with van der Waals surface area (Å²) in [5.41, 5.74) is 0. The standard InChI is InChI=1S/C9H16/c1-3-5-8-7-9(8)6-4-2/h3,5,8-9H,4,6-7H2,1-2H3. The first-order valence-corrected chi connectivity index (χ1v) is 4.01. The topological polar surface area (TPSA) is 0 Å². The predicted octanol–water partition coefficient (Wildman–Crippen LogP) is 3.00. The van der Waals surface area contributed by atoms with E-state index in [1.54, 1.807) is 0 Å². The molecule has 1 aliphatic rings. The molecule has 0 aliphatic heterocycles. The Balaban J connectivity index is 2.09. The molecule has 0 bridgehead atoms. The van der Waals surface area contributed by atoms with Crippen LogP contribution in [0.4, 0.5) is 0 Å². The largest absolute Gasteiger partial charge is 0.0914 e. The fraction of sp³-hybridized carbons (Fsp3) is 0.778. The predicted molar refractivity (Wildman–Crippen MR) is 41.3 cm³/mol. The van der Waals surface area contributed by atoms with Crippen molar-refractivity contribution in [2.24, 2.45) is 11.8 Å². The molecule has 0 spiro atoms. The first-order valence-electron chi connectivity index (χ1n) is 4.01. The van der Waals surface area contributed by atoms with Crippen LogP contribution in [0.15, 0.2) is 12.2 Å². The Morgan fingerprint density at radius 1 is 1.56 bits per heavy atom. The van der Waals surface area contributed by atoms with Crippen LogP contribution in [0.5, 0.6) is 0 Å². The van der Waals surface area contributed by atoms with Crippen molar-refractivity contribution in [1.82, 2.24) is 0 Å². The Kier molecular flexibility index (Phi) is 2.32. The van der Waals surface area contributed by atoms with Crippen LogP contribution in [0, 0.1) is 11.8 Å². The molecule has 0 heteroatoms. The summed E-state index contributed by atoms with van der Waals surface area (Å²) < 4.78 is 0. The lowest BCUT2D eigenvalue weighted by molar-refractivity contribution is 0.679. The van der Waals surface area contributed by atoms with E-state index in [0.717, 1.165) is 11.8 Å². The maximum Gasteiger partial charge on any atom is -0.0202 e. The second-order valence-electron chi connectivity index (χ2n) is 2.97. The van der Waals surface area contributed by atoms with E-state index in [9.17, 15) is 0 Å². The minimum atomic E-state index is 0.954. The molecule has 1 aliphatic carbocycles. The van der Waals surface area contributed by atoms with Gasteiger partial charge in [-0.25, -0.2) is 0 Å². The van der Waals surface area contributed by atoms with Gasteiger partial charge in [-0.3, -0.25) is 0 Å². The van der Waals surface area contributed by atoms with Gasteiger partial charge in [-0.15, -0.1) is 0 Å². The van der Waals surface area contributed by atoms with Gasteiger partial charge in [0, 0.05) is 0 Å². The summed E-state index contributed by atoms with van der Waals surface area (Å²) in [4.78, 5) is 0. The van der Waals surface area contributed by atoms with Crippen molar-refractivity contribution in [1.29, 1.82) is 0 Å². The van der Waals surface area contributed by atoms with E-state index in [1.807, 2.05) is 0 Å². The zero-order valence-electron chi connectivity index (χ0n) is 6.43. The van der Waals surface area contributed by atoms with Gasteiger partial charge in [0.2, 0.25) is 0 Å². The molecule has 0 N–H and O–H groups in total. The Morgan fingerprint density at radius 3 is 2.89 bits per heavy atom. The van der Waals surface area contributed by atoms with Gasteiger partial charge in [-0.05, 0) is 25.2 Å². The molecule has 0 heterocycles. The third-order valence-corrected chi connectivity index (χ3v) is 2.08. The molecule has 0 aromatic heterocycles. The fourth-order valence-corrected chi connectivity index (χ4v) is 1.46. The summed E-state index contributed by atoms with van der Waals surface area (Å²) in [6.07, 6.45) is 8.78. The Morgan fingerprint density at radius 2 is 2.33 bits per heavy atom. The Bertz CT molecular complexity index is 103. The molecule has 0 radical (unpaired) electrons. The van der Waals surface area contributed by atoms with Gasteiger partial charge in [-0.1, -0.05) is 31.9 Å². The number of hydrogen-bond acceptors (Lipinski definition) is 0. The van der Waals surface area contributed by atoms with Crippen molar-refractivity contribution < 1.29 is 0 Å². The maximum absolute atomic E-state index is 2.35. The smallest absolute Gasteiger partial charge is 0.0202 e. The lowest BCUT2D eigenvalue weighted by Gasteiger charge is -1.88. The first-order chi connectivity index (χ1) is 4.38. The monoisotopic (exact) mass is 124 g/mol. The lowest BCUT2D eigenvalue weighted by atomic mass is 10.2. The summed E-state index contributed by atoms with van der Waals surface area (Å²) in [5.74, 6) is 2.00. The molecule has 52 valence electrons. The van der Waals surface area contributed by atoms with E-state index < -0.39 is 0 Å². The van der Waals surface area contributed by atoms with Gasteiger partial charge < -0.3 is 0 Å². The van der Waals surface area contributed by atoms with Crippen LogP contribution in [0.25, 0.3) is 0 Å². The molecule has 9 heavy (non-hydrogen) atoms. The van der Waals surface area contributed by atoms with Crippen molar-refractivity contribution in [3.63, 3.8) is 0 Å². The van der Waals surface area contributed by atoms with Gasteiger partial charge in [0.25, 0.3) is 0 Å². The summed E-state index contributed by atoms with van der Waals surface area (Å²) in [6.45, 7) is 4.38.